The first-order chi connectivity index (χ1) is 12.9. The Morgan fingerprint density at radius 3 is 2.59 bits per heavy atom. The lowest BCUT2D eigenvalue weighted by molar-refractivity contribution is 0.410. The molecule has 146 valence electrons. The molecule has 1 aliphatic rings. The molecule has 1 aliphatic heterocycles. The van der Waals surface area contributed by atoms with Crippen molar-refractivity contribution in [2.45, 2.75) is 49.5 Å². The Bertz CT molecular complexity index is 916. The number of hydrogen-bond donors (Lipinski definition) is 1. The van der Waals surface area contributed by atoms with Crippen molar-refractivity contribution in [2.75, 3.05) is 7.11 Å². The van der Waals surface area contributed by atoms with Crippen molar-refractivity contribution in [3.63, 3.8) is 0 Å². The van der Waals surface area contributed by atoms with Gasteiger partial charge in [0.05, 0.1) is 16.5 Å². The van der Waals surface area contributed by atoms with E-state index in [2.05, 4.69) is 27.6 Å². The van der Waals surface area contributed by atoms with Gasteiger partial charge in [0.25, 0.3) is 0 Å². The molecule has 0 saturated carbocycles. The van der Waals surface area contributed by atoms with Crippen molar-refractivity contribution in [1.82, 2.24) is 4.72 Å². The minimum Gasteiger partial charge on any atom is -0.496 e. The molecule has 27 heavy (non-hydrogen) atoms. The molecule has 0 radical (unpaired) electrons. The molecule has 4 nitrogen and oxygen atoms in total. The number of unbranched alkanes of at least 4 members (excludes halogenated alkanes) is 1. The van der Waals surface area contributed by atoms with Gasteiger partial charge in [0.1, 0.15) is 11.6 Å². The molecule has 2 aromatic rings. The number of fused-ring (bicyclic) bond motifs is 1. The normalized spacial score (nSPS) is 21.3. The summed E-state index contributed by atoms with van der Waals surface area (Å²) in [4.78, 5) is 0.218. The largest absolute Gasteiger partial charge is 0.496 e. The first-order valence-corrected chi connectivity index (χ1v) is 11.3. The van der Waals surface area contributed by atoms with Gasteiger partial charge in [-0.15, -0.1) is 0 Å². The van der Waals surface area contributed by atoms with Gasteiger partial charge in [0.15, 0.2) is 0 Å². The number of nitrogens with one attached hydrogen (secondary N) is 1. The predicted molar refractivity (Wildman–Crippen MR) is 107 cm³/mol. The Morgan fingerprint density at radius 1 is 1.26 bits per heavy atom. The van der Waals surface area contributed by atoms with Gasteiger partial charge in [-0.3, -0.25) is 0 Å². The van der Waals surface area contributed by atoms with Gasteiger partial charge in [0.2, 0.25) is 10.0 Å². The molecule has 7 heteroatoms. The van der Waals surface area contributed by atoms with E-state index in [0.717, 1.165) is 24.8 Å². The van der Waals surface area contributed by atoms with E-state index in [1.807, 2.05) is 6.07 Å². The summed E-state index contributed by atoms with van der Waals surface area (Å²) in [6.07, 6.45) is 3.31. The van der Waals surface area contributed by atoms with Gasteiger partial charge >= 0.3 is 0 Å². The fourth-order valence-electron chi connectivity index (χ4n) is 3.59. The van der Waals surface area contributed by atoms with Crippen molar-refractivity contribution < 1.29 is 17.5 Å². The lowest BCUT2D eigenvalue weighted by Gasteiger charge is -2.21. The van der Waals surface area contributed by atoms with Crippen LogP contribution in [-0.4, -0.2) is 21.6 Å². The number of benzene rings is 2. The minimum absolute atomic E-state index is 0.158. The van der Waals surface area contributed by atoms with Crippen LogP contribution in [0.4, 0.5) is 4.39 Å². The van der Waals surface area contributed by atoms with Crippen molar-refractivity contribution in [1.29, 1.82) is 0 Å². The number of rotatable bonds is 5. The average molecular weight is 456 g/mol. The molecule has 3 rings (SSSR count). The number of sulfonamides is 1. The molecular weight excluding hydrogens is 433 g/mol. The molecule has 2 aromatic carbocycles. The van der Waals surface area contributed by atoms with E-state index in [0.29, 0.717) is 22.2 Å². The highest BCUT2D eigenvalue weighted by Crippen LogP contribution is 2.41. The summed E-state index contributed by atoms with van der Waals surface area (Å²) in [5, 5.41) is 0. The summed E-state index contributed by atoms with van der Waals surface area (Å²) in [5.74, 6) is -0.00443. The van der Waals surface area contributed by atoms with Crippen LogP contribution in [0.2, 0.25) is 0 Å². The second-order valence-corrected chi connectivity index (χ2v) is 9.36. The van der Waals surface area contributed by atoms with Crippen LogP contribution in [0.3, 0.4) is 0 Å². The van der Waals surface area contributed by atoms with Crippen LogP contribution < -0.4 is 9.46 Å². The van der Waals surface area contributed by atoms with Crippen LogP contribution in [-0.2, 0) is 10.0 Å². The zero-order chi connectivity index (χ0) is 19.6. The topological polar surface area (TPSA) is 55.4 Å². The third-order valence-electron chi connectivity index (χ3n) is 4.97. The van der Waals surface area contributed by atoms with Crippen LogP contribution in [0.15, 0.2) is 45.8 Å². The maximum absolute atomic E-state index is 13.4. The Kier molecular flexibility index (Phi) is 6.23. The highest BCUT2D eigenvalue weighted by molar-refractivity contribution is 9.10. The third-order valence-corrected chi connectivity index (χ3v) is 7.17. The molecule has 0 amide bonds. The monoisotopic (exact) mass is 455 g/mol. The number of halogens is 2. The maximum Gasteiger partial charge on any atom is 0.241 e. The van der Waals surface area contributed by atoms with Crippen LogP contribution >= 0.6 is 15.9 Å². The summed E-state index contributed by atoms with van der Waals surface area (Å²) >= 11 is 3.47. The first-order valence-electron chi connectivity index (χ1n) is 9.01. The molecule has 0 spiro atoms. The summed E-state index contributed by atoms with van der Waals surface area (Å²) in [6.45, 7) is 2.08. The van der Waals surface area contributed by atoms with E-state index in [4.69, 9.17) is 4.74 Å². The van der Waals surface area contributed by atoms with Gasteiger partial charge in [-0.05, 0) is 58.1 Å². The highest BCUT2D eigenvalue weighted by atomic mass is 79.9. The predicted octanol–water partition coefficient (Wildman–Crippen LogP) is 4.97. The Balaban J connectivity index is 2.17. The number of ether oxygens (including phenoxy) is 1. The molecule has 2 atom stereocenters. The minimum atomic E-state index is -3.68. The third kappa shape index (κ3) is 4.36. The molecule has 0 aromatic heterocycles. The van der Waals surface area contributed by atoms with E-state index in [1.165, 1.54) is 19.2 Å². The fourth-order valence-corrected chi connectivity index (χ4v) is 5.67. The van der Waals surface area contributed by atoms with Crippen molar-refractivity contribution in [3.05, 3.63) is 57.8 Å². The SMILES string of the molecule is CCCCC1CC(c2ccc(F)cc2)c2cc(Br)c(OC)cc2S(=O)(=O)N1. The standard InChI is InChI=1S/C20H23BrFNO3S/c1-3-4-5-15-10-16(13-6-8-14(22)9-7-13)17-11-18(21)19(26-2)12-20(17)27(24,25)23-15/h6-9,11-12,15-16,23H,3-5,10H2,1-2H3. The summed E-state index contributed by atoms with van der Waals surface area (Å²) < 4.78 is 48.3. The first kappa shape index (κ1) is 20.3. The maximum atomic E-state index is 13.4. The second kappa shape index (κ2) is 8.29. The molecule has 0 aliphatic carbocycles. The van der Waals surface area contributed by atoms with E-state index < -0.39 is 10.0 Å². The number of methoxy groups -OCH3 is 1. The van der Waals surface area contributed by atoms with Crippen LogP contribution in [0.25, 0.3) is 0 Å². The Labute approximate surface area is 168 Å². The number of hydrogen-bond acceptors (Lipinski definition) is 3. The van der Waals surface area contributed by atoms with Gasteiger partial charge in [-0.1, -0.05) is 31.9 Å². The lowest BCUT2D eigenvalue weighted by atomic mass is 9.85. The zero-order valence-corrected chi connectivity index (χ0v) is 17.7. The van der Waals surface area contributed by atoms with E-state index in [1.54, 1.807) is 18.2 Å². The van der Waals surface area contributed by atoms with E-state index in [-0.39, 0.29) is 22.7 Å². The molecule has 2 unspecified atom stereocenters. The van der Waals surface area contributed by atoms with Crippen LogP contribution in [0, 0.1) is 5.82 Å². The zero-order valence-electron chi connectivity index (χ0n) is 15.3. The second-order valence-electron chi connectivity index (χ2n) is 6.82. The van der Waals surface area contributed by atoms with Crippen LogP contribution in [0.5, 0.6) is 5.75 Å². The molecule has 0 saturated heterocycles. The average Bonchev–Trinajstić information content (AvgIpc) is 2.74. The summed E-state index contributed by atoms with van der Waals surface area (Å²) in [5.41, 5.74) is 1.59. The molecular formula is C20H23BrFNO3S. The Morgan fingerprint density at radius 2 is 1.96 bits per heavy atom. The van der Waals surface area contributed by atoms with Crippen molar-refractivity contribution >= 4 is 26.0 Å². The summed E-state index contributed by atoms with van der Waals surface area (Å²) in [6, 6.07) is 9.49. The highest BCUT2D eigenvalue weighted by Gasteiger charge is 2.34. The quantitative estimate of drug-likeness (QED) is 0.692. The van der Waals surface area contributed by atoms with Crippen molar-refractivity contribution in [3.8, 4) is 5.75 Å². The molecule has 0 bridgehead atoms. The Hall–Kier alpha value is -1.44. The van der Waals surface area contributed by atoms with Gasteiger partial charge in [-0.25, -0.2) is 17.5 Å². The fraction of sp³-hybridized carbons (Fsp3) is 0.400. The van der Waals surface area contributed by atoms with Crippen LogP contribution in [0.1, 0.15) is 49.7 Å². The summed E-state index contributed by atoms with van der Waals surface area (Å²) in [7, 11) is -2.18. The van der Waals surface area contributed by atoms with Gasteiger partial charge < -0.3 is 4.74 Å². The van der Waals surface area contributed by atoms with E-state index in [9.17, 15) is 12.8 Å². The molecule has 0 fully saturated rings. The van der Waals surface area contributed by atoms with Gasteiger partial charge in [-0.2, -0.15) is 0 Å². The molecule has 1 heterocycles. The lowest BCUT2D eigenvalue weighted by Crippen LogP contribution is -2.33. The van der Waals surface area contributed by atoms with Crippen molar-refractivity contribution in [2.24, 2.45) is 0 Å². The smallest absolute Gasteiger partial charge is 0.241 e. The van der Waals surface area contributed by atoms with Gasteiger partial charge in [0, 0.05) is 18.0 Å². The molecule has 1 N–H and O–H groups in total. The van der Waals surface area contributed by atoms with E-state index >= 15 is 0 Å².